The van der Waals surface area contributed by atoms with Gasteiger partial charge in [-0.1, -0.05) is 24.3 Å². The molecular formula is C34H29F4N7O5. The first-order valence-corrected chi connectivity index (χ1v) is 15.3. The Bertz CT molecular complexity index is 2030. The van der Waals surface area contributed by atoms with Crippen molar-refractivity contribution >= 4 is 40.9 Å². The van der Waals surface area contributed by atoms with Crippen LogP contribution in [0.3, 0.4) is 0 Å². The van der Waals surface area contributed by atoms with Gasteiger partial charge in [0, 0.05) is 36.1 Å². The summed E-state index contributed by atoms with van der Waals surface area (Å²) in [6.07, 6.45) is -2.62. The van der Waals surface area contributed by atoms with Crippen molar-refractivity contribution in [3.63, 3.8) is 0 Å². The van der Waals surface area contributed by atoms with Crippen LogP contribution < -0.4 is 20.7 Å². The van der Waals surface area contributed by atoms with Crippen LogP contribution in [-0.4, -0.2) is 68.4 Å². The Labute approximate surface area is 281 Å². The van der Waals surface area contributed by atoms with Crippen LogP contribution in [-0.2, 0) is 4.79 Å². The smallest absolute Gasteiger partial charge is 0.422 e. The van der Waals surface area contributed by atoms with Gasteiger partial charge in [-0.2, -0.15) is 18.2 Å². The van der Waals surface area contributed by atoms with E-state index in [-0.39, 0.29) is 34.4 Å². The summed E-state index contributed by atoms with van der Waals surface area (Å²) < 4.78 is 59.1. The molecule has 6 rings (SSSR count). The van der Waals surface area contributed by atoms with Crippen molar-refractivity contribution in [2.24, 2.45) is 0 Å². The largest absolute Gasteiger partial charge is 0.482 e. The number of rotatable bonds is 10. The Balaban J connectivity index is 1.17. The van der Waals surface area contributed by atoms with Crippen LogP contribution in [0, 0.1) is 5.82 Å². The molecule has 3 heterocycles. The minimum absolute atomic E-state index is 0.0707. The first-order valence-electron chi connectivity index (χ1n) is 15.3. The quantitative estimate of drug-likeness (QED) is 0.123. The van der Waals surface area contributed by atoms with Gasteiger partial charge in [-0.25, -0.2) is 13.7 Å². The summed E-state index contributed by atoms with van der Waals surface area (Å²) in [6, 6.07) is 18.0. The Morgan fingerprint density at radius 2 is 1.62 bits per heavy atom. The van der Waals surface area contributed by atoms with Crippen molar-refractivity contribution in [1.82, 2.24) is 24.8 Å². The molecule has 0 radical (unpaired) electrons. The van der Waals surface area contributed by atoms with Gasteiger partial charge in [-0.3, -0.25) is 9.59 Å². The average molecular weight is 692 g/mol. The number of fused-ring (bicyclic) bond motifs is 1. The number of aromatic nitrogens is 3. The monoisotopic (exact) mass is 691 g/mol. The number of alkyl halides is 3. The number of likely N-dealkylation sites (tertiary alicyclic amines) is 1. The van der Waals surface area contributed by atoms with E-state index >= 15 is 0 Å². The molecule has 1 aliphatic rings. The summed E-state index contributed by atoms with van der Waals surface area (Å²) in [7, 11) is 0. The van der Waals surface area contributed by atoms with E-state index < -0.39 is 36.6 Å². The molecule has 12 nitrogen and oxygen atoms in total. The highest BCUT2D eigenvalue weighted by Gasteiger charge is 2.30. The fourth-order valence-electron chi connectivity index (χ4n) is 5.41. The highest BCUT2D eigenvalue weighted by Crippen LogP contribution is 2.31. The van der Waals surface area contributed by atoms with Crippen molar-refractivity contribution in [2.75, 3.05) is 30.3 Å². The molecule has 2 aromatic heterocycles. The Kier molecular flexibility index (Phi) is 9.51. The van der Waals surface area contributed by atoms with Crippen LogP contribution in [0.5, 0.6) is 5.75 Å². The predicted molar refractivity (Wildman–Crippen MR) is 174 cm³/mol. The number of amides is 3. The first-order chi connectivity index (χ1) is 23.9. The average Bonchev–Trinajstić information content (AvgIpc) is 3.77. The molecule has 0 aliphatic carbocycles. The molecule has 16 heteroatoms. The number of halogens is 4. The number of ether oxygens (including phenoxy) is 1. The molecule has 1 saturated heterocycles. The summed E-state index contributed by atoms with van der Waals surface area (Å²) in [5, 5.41) is 21.3. The summed E-state index contributed by atoms with van der Waals surface area (Å²) in [4.78, 5) is 43.2. The lowest BCUT2D eigenvalue weighted by Gasteiger charge is -2.18. The Hall–Kier alpha value is -6.19. The molecule has 258 valence electrons. The molecule has 3 aromatic carbocycles. The predicted octanol–water partition coefficient (Wildman–Crippen LogP) is 6.40. The minimum Gasteiger partial charge on any atom is -0.482 e. The molecular weight excluding hydrogens is 662 g/mol. The zero-order chi connectivity index (χ0) is 35.4. The Morgan fingerprint density at radius 1 is 0.920 bits per heavy atom. The zero-order valence-corrected chi connectivity index (χ0v) is 26.1. The van der Waals surface area contributed by atoms with Gasteiger partial charge in [0.1, 0.15) is 17.6 Å². The number of pyridine rings is 1. The summed E-state index contributed by atoms with van der Waals surface area (Å²) in [5.74, 6) is -1.60. The van der Waals surface area contributed by atoms with E-state index in [9.17, 15) is 37.1 Å². The molecule has 0 saturated carbocycles. The maximum Gasteiger partial charge on any atom is 0.422 e. The van der Waals surface area contributed by atoms with Crippen molar-refractivity contribution in [2.45, 2.75) is 25.1 Å². The van der Waals surface area contributed by atoms with E-state index in [1.165, 1.54) is 34.8 Å². The van der Waals surface area contributed by atoms with Crippen LogP contribution in [0.1, 0.15) is 34.8 Å². The number of nitrogens with zero attached hydrogens (tertiary/aromatic N) is 4. The third-order valence-electron chi connectivity index (χ3n) is 7.81. The molecule has 0 spiro atoms. The second kappa shape index (κ2) is 14.1. The van der Waals surface area contributed by atoms with Crippen LogP contribution in [0.2, 0.25) is 0 Å². The molecule has 1 atom stereocenters. The summed E-state index contributed by atoms with van der Waals surface area (Å²) in [5.41, 5.74) is 2.85. The lowest BCUT2D eigenvalue weighted by Crippen LogP contribution is -2.36. The van der Waals surface area contributed by atoms with E-state index in [0.29, 0.717) is 30.0 Å². The van der Waals surface area contributed by atoms with Gasteiger partial charge < -0.3 is 30.7 Å². The van der Waals surface area contributed by atoms with Crippen LogP contribution in [0.4, 0.5) is 39.7 Å². The number of anilines is 3. The molecule has 4 N–H and O–H groups in total. The van der Waals surface area contributed by atoms with E-state index in [1.54, 1.807) is 47.5 Å². The second-order valence-electron chi connectivity index (χ2n) is 11.4. The van der Waals surface area contributed by atoms with Crippen LogP contribution in [0.25, 0.3) is 16.8 Å². The molecule has 5 aromatic rings. The van der Waals surface area contributed by atoms with Crippen molar-refractivity contribution in [3.05, 3.63) is 102 Å². The summed E-state index contributed by atoms with van der Waals surface area (Å²) in [6.45, 7) is -0.393. The highest BCUT2D eigenvalue weighted by molar-refractivity contribution is 5.97. The number of carbonyl (C=O) groups is 3. The van der Waals surface area contributed by atoms with Crippen molar-refractivity contribution in [3.8, 4) is 16.9 Å². The van der Waals surface area contributed by atoms with E-state index in [0.717, 1.165) is 30.5 Å². The molecule has 0 unspecified atom stereocenters. The zero-order valence-electron chi connectivity index (χ0n) is 26.1. The van der Waals surface area contributed by atoms with Crippen molar-refractivity contribution in [1.29, 1.82) is 0 Å². The van der Waals surface area contributed by atoms with Gasteiger partial charge in [-0.05, 0) is 78.6 Å². The third kappa shape index (κ3) is 8.08. The van der Waals surface area contributed by atoms with Gasteiger partial charge in [0.15, 0.2) is 12.3 Å². The number of benzene rings is 3. The number of nitrogens with one attached hydrogen (secondary N) is 3. The van der Waals surface area contributed by atoms with Gasteiger partial charge >= 0.3 is 12.3 Å². The maximum absolute atomic E-state index is 13.4. The number of carbonyl (C=O) groups excluding carboxylic acids is 2. The van der Waals surface area contributed by atoms with Gasteiger partial charge in [-0.15, -0.1) is 5.10 Å². The minimum atomic E-state index is -4.60. The van der Waals surface area contributed by atoms with Gasteiger partial charge in [0.25, 0.3) is 11.8 Å². The Morgan fingerprint density at radius 3 is 2.30 bits per heavy atom. The first kappa shape index (κ1) is 33.7. The van der Waals surface area contributed by atoms with E-state index in [4.69, 9.17) is 4.74 Å². The normalized spacial score (nSPS) is 13.6. The fraction of sp³-hybridized carbons (Fsp3) is 0.206. The summed E-state index contributed by atoms with van der Waals surface area (Å²) >= 11 is 0. The topological polar surface area (TPSA) is 150 Å². The molecule has 0 bridgehead atoms. The maximum atomic E-state index is 13.4. The number of hydrogen-bond acceptors (Lipinski definition) is 7. The lowest BCUT2D eigenvalue weighted by atomic mass is 10.1. The highest BCUT2D eigenvalue weighted by atomic mass is 19.4. The molecule has 1 fully saturated rings. The van der Waals surface area contributed by atoms with E-state index in [2.05, 4.69) is 26.0 Å². The number of carboxylic acid groups (broad SMARTS) is 1. The molecule has 3 amide bonds. The number of hydrogen-bond donors (Lipinski definition) is 4. The SMILES string of the molecule is O=C(O)N[C@@H](C(=O)Nc1ccc(-c2ccc3nc(Nc4ccc(C(=O)N5CCCC5)cc4OCC(F)(F)F)nn3c2)cc1)c1ccc(F)cc1. The van der Waals surface area contributed by atoms with Crippen LogP contribution in [0.15, 0.2) is 85.1 Å². The van der Waals surface area contributed by atoms with E-state index in [1.807, 2.05) is 0 Å². The fourth-order valence-corrected chi connectivity index (χ4v) is 5.41. The van der Waals surface area contributed by atoms with Crippen molar-refractivity contribution < 1.29 is 41.8 Å². The molecule has 50 heavy (non-hydrogen) atoms. The standard InChI is InChI=1S/C34H29F4N7O5/c35-24-9-3-21(4-10-24)29(42-33(48)49)30(46)39-25-11-5-20(6-12-25)23-8-14-28-41-32(43-45(28)18-23)40-26-13-7-22(31(47)44-15-1-2-16-44)17-27(26)50-19-34(36,37)38/h3-14,17-18,29,42H,1-2,15-16,19H2,(H,39,46)(H,40,43)(H,48,49)/t29-/m1/s1. The second-order valence-corrected chi connectivity index (χ2v) is 11.4. The van der Waals surface area contributed by atoms with Crippen LogP contribution >= 0.6 is 0 Å². The third-order valence-corrected chi connectivity index (χ3v) is 7.81. The molecule has 1 aliphatic heterocycles. The lowest BCUT2D eigenvalue weighted by molar-refractivity contribution is -0.153. The van der Waals surface area contributed by atoms with Gasteiger partial charge in [0.05, 0.1) is 5.69 Å². The van der Waals surface area contributed by atoms with Gasteiger partial charge in [0.2, 0.25) is 5.95 Å².